The molecular formula is C29H46O2. The first-order valence-corrected chi connectivity index (χ1v) is 13.2. The van der Waals surface area contributed by atoms with Crippen LogP contribution in [0.2, 0.25) is 0 Å². The molecule has 0 aliphatic heterocycles. The molecule has 2 nitrogen and oxygen atoms in total. The maximum absolute atomic E-state index is 13.2. The highest BCUT2D eigenvalue weighted by Crippen LogP contribution is 2.66. The summed E-state index contributed by atoms with van der Waals surface area (Å²) in [7, 11) is 0. The Morgan fingerprint density at radius 1 is 1.03 bits per heavy atom. The Labute approximate surface area is 191 Å². The summed E-state index contributed by atoms with van der Waals surface area (Å²) in [6.45, 7) is 14.3. The Morgan fingerprint density at radius 3 is 2.42 bits per heavy atom. The summed E-state index contributed by atoms with van der Waals surface area (Å²) < 4.78 is 0. The number of carbonyl (C=O) groups excluding carboxylic acids is 1. The number of rotatable bonds is 6. The Balaban J connectivity index is 1.56. The van der Waals surface area contributed by atoms with Gasteiger partial charge in [-0.1, -0.05) is 72.1 Å². The number of hydrogen-bond acceptors (Lipinski definition) is 2. The standard InChI is InChI=1S/C29H46O2/c1-7-21(19(2)3)11-10-20(4)23-12-13-24-22-18-26(30)29(31)16-9-8-15-28(29,6)25(22)14-17-27(23,24)5/h8-9,18-21,23-25,31H,7,10-17H2,1-6H3/t20-,21-,23-,24+,25+,27-,28-,29+/m1/s1. The first kappa shape index (κ1) is 23.3. The third kappa shape index (κ3) is 3.42. The number of fused-ring (bicyclic) bond motifs is 5. The topological polar surface area (TPSA) is 37.3 Å². The van der Waals surface area contributed by atoms with Crippen molar-refractivity contribution in [3.63, 3.8) is 0 Å². The van der Waals surface area contributed by atoms with E-state index in [1.165, 1.54) is 44.1 Å². The van der Waals surface area contributed by atoms with E-state index < -0.39 is 5.60 Å². The third-order valence-electron chi connectivity index (χ3n) is 10.9. The summed E-state index contributed by atoms with van der Waals surface area (Å²) >= 11 is 0. The molecule has 0 aromatic rings. The monoisotopic (exact) mass is 426 g/mol. The number of hydrogen-bond donors (Lipinski definition) is 1. The van der Waals surface area contributed by atoms with Crippen LogP contribution < -0.4 is 0 Å². The van der Waals surface area contributed by atoms with Crippen LogP contribution in [0.1, 0.15) is 99.3 Å². The van der Waals surface area contributed by atoms with Gasteiger partial charge in [0, 0.05) is 11.8 Å². The lowest BCUT2D eigenvalue weighted by molar-refractivity contribution is -0.160. The summed E-state index contributed by atoms with van der Waals surface area (Å²) in [4.78, 5) is 13.2. The van der Waals surface area contributed by atoms with Crippen LogP contribution in [0.25, 0.3) is 0 Å². The van der Waals surface area contributed by atoms with Crippen LogP contribution in [0.4, 0.5) is 0 Å². The molecule has 0 aromatic heterocycles. The van der Waals surface area contributed by atoms with E-state index in [0.29, 0.717) is 23.7 Å². The van der Waals surface area contributed by atoms with Gasteiger partial charge in [0.05, 0.1) is 0 Å². The van der Waals surface area contributed by atoms with Crippen LogP contribution in [0.15, 0.2) is 23.8 Å². The van der Waals surface area contributed by atoms with Crippen LogP contribution in [0.5, 0.6) is 0 Å². The van der Waals surface area contributed by atoms with Crippen molar-refractivity contribution in [1.82, 2.24) is 0 Å². The average Bonchev–Trinajstić information content (AvgIpc) is 3.07. The highest BCUT2D eigenvalue weighted by atomic mass is 16.3. The summed E-state index contributed by atoms with van der Waals surface area (Å²) in [5.74, 6) is 4.01. The molecule has 1 N–H and O–H groups in total. The van der Waals surface area contributed by atoms with Gasteiger partial charge in [-0.3, -0.25) is 4.79 Å². The lowest BCUT2D eigenvalue weighted by atomic mass is 9.47. The largest absolute Gasteiger partial charge is 0.381 e. The Morgan fingerprint density at radius 2 is 1.74 bits per heavy atom. The van der Waals surface area contributed by atoms with E-state index in [0.717, 1.165) is 36.5 Å². The normalized spacial score (nSPS) is 43.8. The quantitative estimate of drug-likeness (QED) is 0.459. The highest BCUT2D eigenvalue weighted by molar-refractivity contribution is 6.00. The van der Waals surface area contributed by atoms with Crippen molar-refractivity contribution in [3.8, 4) is 0 Å². The van der Waals surface area contributed by atoms with Crippen molar-refractivity contribution in [2.24, 2.45) is 46.3 Å². The zero-order chi connectivity index (χ0) is 22.6. The molecule has 0 spiro atoms. The van der Waals surface area contributed by atoms with E-state index in [1.807, 2.05) is 12.2 Å². The van der Waals surface area contributed by atoms with Crippen LogP contribution >= 0.6 is 0 Å². The van der Waals surface area contributed by atoms with Crippen LogP contribution in [0.3, 0.4) is 0 Å². The van der Waals surface area contributed by atoms with E-state index in [9.17, 15) is 9.90 Å². The number of ketones is 1. The first-order valence-electron chi connectivity index (χ1n) is 13.2. The predicted octanol–water partition coefficient (Wildman–Crippen LogP) is 7.12. The molecule has 0 heterocycles. The zero-order valence-corrected chi connectivity index (χ0v) is 20.9. The summed E-state index contributed by atoms with van der Waals surface area (Å²) in [5, 5.41) is 11.4. The fraction of sp³-hybridized carbons (Fsp3) is 0.828. The van der Waals surface area contributed by atoms with Crippen LogP contribution in [0, 0.1) is 46.3 Å². The van der Waals surface area contributed by atoms with Gasteiger partial charge in [0.1, 0.15) is 5.60 Å². The van der Waals surface area contributed by atoms with Crippen molar-refractivity contribution in [2.75, 3.05) is 0 Å². The number of carbonyl (C=O) groups is 1. The second-order valence-corrected chi connectivity index (χ2v) is 12.5. The average molecular weight is 427 g/mol. The molecule has 2 saturated carbocycles. The van der Waals surface area contributed by atoms with Crippen molar-refractivity contribution >= 4 is 5.78 Å². The van der Waals surface area contributed by atoms with E-state index >= 15 is 0 Å². The summed E-state index contributed by atoms with van der Waals surface area (Å²) in [5.41, 5.74) is 0.197. The van der Waals surface area contributed by atoms with Crippen molar-refractivity contribution in [2.45, 2.75) is 105 Å². The van der Waals surface area contributed by atoms with Crippen molar-refractivity contribution in [1.29, 1.82) is 0 Å². The second-order valence-electron chi connectivity index (χ2n) is 12.5. The van der Waals surface area contributed by atoms with Gasteiger partial charge in [-0.15, -0.1) is 0 Å². The number of allylic oxidation sites excluding steroid dienone is 2. The van der Waals surface area contributed by atoms with E-state index in [4.69, 9.17) is 0 Å². The van der Waals surface area contributed by atoms with E-state index in [1.54, 1.807) is 0 Å². The molecule has 0 saturated heterocycles. The SMILES string of the molecule is CC[C@H](CC[C@@H](C)[C@H]1CC[C@H]2C3=CC(=O)[C@@]4(O)CC=CC[C@]4(C)[C@H]3CC[C@]12C)C(C)C. The lowest BCUT2D eigenvalue weighted by Crippen LogP contribution is -2.61. The predicted molar refractivity (Wildman–Crippen MR) is 129 cm³/mol. The fourth-order valence-electron chi connectivity index (χ4n) is 8.61. The summed E-state index contributed by atoms with van der Waals surface area (Å²) in [6.07, 6.45) is 16.4. The van der Waals surface area contributed by atoms with Gasteiger partial charge in [-0.25, -0.2) is 0 Å². The van der Waals surface area contributed by atoms with Crippen molar-refractivity contribution in [3.05, 3.63) is 23.8 Å². The van der Waals surface area contributed by atoms with Gasteiger partial charge < -0.3 is 5.11 Å². The molecule has 0 bridgehead atoms. The Kier molecular flexibility index (Phi) is 6.12. The Hall–Kier alpha value is -0.890. The lowest BCUT2D eigenvalue weighted by Gasteiger charge is -2.58. The first-order chi connectivity index (χ1) is 14.6. The van der Waals surface area contributed by atoms with E-state index in [-0.39, 0.29) is 11.2 Å². The minimum absolute atomic E-state index is 0.0194. The van der Waals surface area contributed by atoms with Gasteiger partial charge in [0.15, 0.2) is 5.78 Å². The molecule has 8 atom stereocenters. The van der Waals surface area contributed by atoms with Gasteiger partial charge in [0.25, 0.3) is 0 Å². The molecule has 0 amide bonds. The van der Waals surface area contributed by atoms with Gasteiger partial charge >= 0.3 is 0 Å². The van der Waals surface area contributed by atoms with Gasteiger partial charge in [-0.2, -0.15) is 0 Å². The fourth-order valence-corrected chi connectivity index (χ4v) is 8.61. The minimum Gasteiger partial charge on any atom is -0.381 e. The molecule has 4 aliphatic rings. The molecule has 2 fully saturated rings. The van der Waals surface area contributed by atoms with E-state index in [2.05, 4.69) is 47.6 Å². The second kappa shape index (κ2) is 8.15. The third-order valence-corrected chi connectivity index (χ3v) is 10.9. The summed E-state index contributed by atoms with van der Waals surface area (Å²) in [6, 6.07) is 0. The number of aliphatic hydroxyl groups is 1. The molecule has 4 aliphatic carbocycles. The smallest absolute Gasteiger partial charge is 0.188 e. The molecule has 0 aromatic carbocycles. The maximum atomic E-state index is 13.2. The molecule has 31 heavy (non-hydrogen) atoms. The molecular weight excluding hydrogens is 380 g/mol. The van der Waals surface area contributed by atoms with Gasteiger partial charge in [0.2, 0.25) is 0 Å². The minimum atomic E-state index is -1.19. The molecule has 174 valence electrons. The highest BCUT2D eigenvalue weighted by Gasteiger charge is 2.63. The zero-order valence-electron chi connectivity index (χ0n) is 20.9. The Bertz CT molecular complexity index is 763. The van der Waals surface area contributed by atoms with Crippen molar-refractivity contribution < 1.29 is 9.90 Å². The molecule has 0 unspecified atom stereocenters. The maximum Gasteiger partial charge on any atom is 0.188 e. The molecule has 0 radical (unpaired) electrons. The van der Waals surface area contributed by atoms with Crippen LogP contribution in [-0.4, -0.2) is 16.5 Å². The van der Waals surface area contributed by atoms with Crippen LogP contribution in [-0.2, 0) is 4.79 Å². The molecule has 2 heteroatoms. The molecule has 4 rings (SSSR count). The van der Waals surface area contributed by atoms with Gasteiger partial charge in [-0.05, 0) is 85.5 Å².